The molecule has 1 radical (unpaired) electrons. The van der Waals surface area contributed by atoms with Gasteiger partial charge in [0.1, 0.15) is 0 Å². The van der Waals surface area contributed by atoms with Crippen molar-refractivity contribution in [2.75, 3.05) is 6.67 Å². The van der Waals surface area contributed by atoms with Crippen molar-refractivity contribution in [3.05, 3.63) is 35.0 Å². The average Bonchev–Trinajstić information content (AvgIpc) is 3.02. The Labute approximate surface area is 180 Å². The molecule has 5 N–H and O–H groups in total. The third-order valence-corrected chi connectivity index (χ3v) is 8.34. The van der Waals surface area contributed by atoms with E-state index >= 15 is 0 Å². The molecule has 0 spiro atoms. The number of carboxylic acid groups (broad SMARTS) is 1. The number of hydrogen-bond acceptors (Lipinski definition) is 5. The van der Waals surface area contributed by atoms with Gasteiger partial charge in [-0.25, -0.2) is 0 Å². The third-order valence-electron chi connectivity index (χ3n) is 5.42. The number of benzene rings is 1. The topological polar surface area (TPSA) is 133 Å². The number of alkyl halides is 1. The van der Waals surface area contributed by atoms with Crippen molar-refractivity contribution < 1.29 is 29.0 Å². The number of aryl methyl sites for hydroxylation is 2. The number of halogens is 1. The molecule has 2 rings (SSSR count). The van der Waals surface area contributed by atoms with Crippen LogP contribution < -0.4 is 5.73 Å². The molecule has 1 aromatic carbocycles. The molecule has 1 heterocycles. The van der Waals surface area contributed by atoms with Crippen LogP contribution in [-0.4, -0.2) is 66.1 Å². The SMILES string of the molecule is Cc1cccc2[nH]c(C(=O)C(C)(C)[C@H](N)C(=O)[As]C(CC(=O)O)C(O)CF)c(C)c12. The van der Waals surface area contributed by atoms with Crippen molar-refractivity contribution in [2.45, 2.75) is 51.0 Å². The Morgan fingerprint density at radius 1 is 1.27 bits per heavy atom. The van der Waals surface area contributed by atoms with Gasteiger partial charge in [0, 0.05) is 0 Å². The number of ketones is 1. The monoisotopic (exact) mass is 481 g/mol. The molecule has 163 valence electrons. The third kappa shape index (κ3) is 4.82. The number of aromatic nitrogens is 1. The number of hydrogen-bond donors (Lipinski definition) is 4. The van der Waals surface area contributed by atoms with Crippen molar-refractivity contribution in [3.63, 3.8) is 0 Å². The zero-order valence-corrected chi connectivity index (χ0v) is 19.3. The molecule has 9 heteroatoms. The zero-order chi connectivity index (χ0) is 22.8. The van der Waals surface area contributed by atoms with E-state index < -0.39 is 61.7 Å². The maximum absolute atomic E-state index is 13.3. The molecule has 0 amide bonds. The Morgan fingerprint density at radius 2 is 1.90 bits per heavy atom. The summed E-state index contributed by atoms with van der Waals surface area (Å²) in [7, 11) is 0. The molecular formula is C21H27AsFN2O5. The second-order valence-corrected chi connectivity index (χ2v) is 10.9. The predicted octanol–water partition coefficient (Wildman–Crippen LogP) is 2.15. The van der Waals surface area contributed by atoms with Gasteiger partial charge in [-0.05, 0) is 0 Å². The van der Waals surface area contributed by atoms with E-state index in [1.54, 1.807) is 13.8 Å². The van der Waals surface area contributed by atoms with Gasteiger partial charge in [0.05, 0.1) is 0 Å². The molecule has 3 atom stereocenters. The van der Waals surface area contributed by atoms with Crippen LogP contribution in [0.15, 0.2) is 18.2 Å². The zero-order valence-electron chi connectivity index (χ0n) is 17.4. The molecule has 7 nitrogen and oxygen atoms in total. The molecule has 2 aromatic rings. The van der Waals surface area contributed by atoms with E-state index in [1.165, 1.54) is 0 Å². The van der Waals surface area contributed by atoms with Crippen LogP contribution in [0.2, 0.25) is 4.71 Å². The van der Waals surface area contributed by atoms with Crippen LogP contribution in [-0.2, 0) is 9.59 Å². The Hall–Kier alpha value is -2.02. The second kappa shape index (κ2) is 9.41. The minimum atomic E-state index is -1.55. The van der Waals surface area contributed by atoms with Gasteiger partial charge >= 0.3 is 181 Å². The second-order valence-electron chi connectivity index (χ2n) is 8.01. The summed E-state index contributed by atoms with van der Waals surface area (Å²) in [5.41, 5.74) is 7.83. The number of H-pyrrole nitrogens is 1. The number of aliphatic carboxylic acids is 1. The number of carbonyl (C=O) groups is 3. The van der Waals surface area contributed by atoms with Crippen molar-refractivity contribution in [1.29, 1.82) is 0 Å². The minimum absolute atomic E-state index is 0.335. The van der Waals surface area contributed by atoms with Gasteiger partial charge in [-0.3, -0.25) is 0 Å². The first-order chi connectivity index (χ1) is 13.9. The van der Waals surface area contributed by atoms with Crippen molar-refractivity contribution in [2.24, 2.45) is 11.1 Å². The van der Waals surface area contributed by atoms with Gasteiger partial charge in [-0.1, -0.05) is 0 Å². The van der Waals surface area contributed by atoms with Gasteiger partial charge < -0.3 is 0 Å². The molecule has 0 aliphatic rings. The number of carbonyl (C=O) groups excluding carboxylic acids is 2. The number of nitrogens with one attached hydrogen (secondary N) is 1. The summed E-state index contributed by atoms with van der Waals surface area (Å²) in [6, 6.07) is 4.48. The number of aromatic amines is 1. The summed E-state index contributed by atoms with van der Waals surface area (Å²) >= 11 is -1.44. The van der Waals surface area contributed by atoms with Crippen LogP contribution >= 0.6 is 0 Å². The van der Waals surface area contributed by atoms with E-state index in [0.29, 0.717) is 5.69 Å². The van der Waals surface area contributed by atoms with Crippen LogP contribution in [0.25, 0.3) is 10.9 Å². The molecule has 0 aliphatic heterocycles. The average molecular weight is 481 g/mol. The Bertz CT molecular complexity index is 972. The van der Waals surface area contributed by atoms with Gasteiger partial charge in [0.25, 0.3) is 0 Å². The first kappa shape index (κ1) is 24.2. The van der Waals surface area contributed by atoms with Crippen LogP contribution in [0.5, 0.6) is 0 Å². The van der Waals surface area contributed by atoms with E-state index in [2.05, 4.69) is 4.98 Å². The molecule has 0 fully saturated rings. The van der Waals surface area contributed by atoms with Gasteiger partial charge in [0.15, 0.2) is 0 Å². The molecule has 0 aliphatic carbocycles. The summed E-state index contributed by atoms with van der Waals surface area (Å²) in [4.78, 5) is 40.2. The quantitative estimate of drug-likeness (QED) is 0.304. The molecule has 0 saturated heterocycles. The summed E-state index contributed by atoms with van der Waals surface area (Å²) in [6.07, 6.45) is -2.08. The van der Waals surface area contributed by atoms with Gasteiger partial charge in [-0.15, -0.1) is 0 Å². The predicted molar refractivity (Wildman–Crippen MR) is 113 cm³/mol. The fraction of sp³-hybridized carbons (Fsp3) is 0.476. The number of aliphatic hydroxyl groups is 1. The van der Waals surface area contributed by atoms with E-state index in [4.69, 9.17) is 10.8 Å². The fourth-order valence-electron chi connectivity index (χ4n) is 3.42. The fourth-order valence-corrected chi connectivity index (χ4v) is 6.16. The van der Waals surface area contributed by atoms with Gasteiger partial charge in [0.2, 0.25) is 0 Å². The normalized spacial score (nSPS) is 15.4. The summed E-state index contributed by atoms with van der Waals surface area (Å²) in [5, 5.41) is 19.7. The molecular weight excluding hydrogens is 454 g/mol. The van der Waals surface area contributed by atoms with Gasteiger partial charge in [-0.2, -0.15) is 0 Å². The molecule has 0 saturated carbocycles. The molecule has 2 unspecified atom stereocenters. The van der Waals surface area contributed by atoms with E-state index in [0.717, 1.165) is 22.0 Å². The number of carboxylic acids is 1. The van der Waals surface area contributed by atoms with E-state index in [-0.39, 0.29) is 5.78 Å². The molecule has 1 aromatic heterocycles. The number of aliphatic hydroxyl groups excluding tert-OH is 1. The van der Waals surface area contributed by atoms with E-state index in [9.17, 15) is 23.9 Å². The van der Waals surface area contributed by atoms with Crippen LogP contribution in [0.1, 0.15) is 41.9 Å². The van der Waals surface area contributed by atoms with Crippen molar-refractivity contribution >= 4 is 43.0 Å². The Morgan fingerprint density at radius 3 is 2.43 bits per heavy atom. The van der Waals surface area contributed by atoms with Crippen LogP contribution in [0, 0.1) is 19.3 Å². The summed E-state index contributed by atoms with van der Waals surface area (Å²) in [6.45, 7) is 5.75. The standard InChI is InChI=1S/C21H27AsFN2O5/c1-10-6-5-7-13-16(10)11(2)17(25-13)19(29)21(3,4)18(24)20(30)22-12(8-15(27)28)14(26)9-23/h5-7,12,14,18,25-26H,8-9,24H2,1-4H3,(H,27,28)/t12?,14?,18-/m1/s1. The van der Waals surface area contributed by atoms with Crippen LogP contribution in [0.4, 0.5) is 4.39 Å². The maximum atomic E-state index is 13.3. The Kier molecular flexibility index (Phi) is 7.61. The summed E-state index contributed by atoms with van der Waals surface area (Å²) in [5.74, 6) is -1.57. The number of rotatable bonds is 10. The number of Topliss-reactive ketones (excluding diaryl/α,β-unsaturated/α-hetero) is 1. The van der Waals surface area contributed by atoms with Crippen molar-refractivity contribution in [3.8, 4) is 0 Å². The number of nitrogens with two attached hydrogens (primary N) is 1. The Balaban J connectivity index is 2.29. The van der Waals surface area contributed by atoms with Crippen LogP contribution in [0.3, 0.4) is 0 Å². The molecule has 0 bridgehead atoms. The number of fused-ring (bicyclic) bond motifs is 1. The summed E-state index contributed by atoms with van der Waals surface area (Å²) < 4.78 is 11.3. The molecule has 30 heavy (non-hydrogen) atoms. The first-order valence-electron chi connectivity index (χ1n) is 9.50. The first-order valence-corrected chi connectivity index (χ1v) is 11.5. The van der Waals surface area contributed by atoms with E-state index in [1.807, 2.05) is 32.0 Å². The van der Waals surface area contributed by atoms with Crippen molar-refractivity contribution in [1.82, 2.24) is 4.98 Å².